The lowest BCUT2D eigenvalue weighted by Gasteiger charge is -2.12. The van der Waals surface area contributed by atoms with Gasteiger partial charge in [0.15, 0.2) is 0 Å². The van der Waals surface area contributed by atoms with Gasteiger partial charge in [-0.2, -0.15) is 0 Å². The van der Waals surface area contributed by atoms with E-state index < -0.39 is 0 Å². The van der Waals surface area contributed by atoms with E-state index >= 15 is 0 Å². The SMILES string of the molecule is Cc1cc(C)nc(-c2cccc(C(=O)NC(C)c3nc(C)cs3)c2)c1. The largest absolute Gasteiger partial charge is 0.343 e. The van der Waals surface area contributed by atoms with Crippen molar-refractivity contribution in [2.75, 3.05) is 0 Å². The van der Waals surface area contributed by atoms with Gasteiger partial charge in [-0.3, -0.25) is 9.78 Å². The first-order chi connectivity index (χ1) is 11.9. The number of carbonyl (C=O) groups excluding carboxylic acids is 1. The monoisotopic (exact) mass is 351 g/mol. The summed E-state index contributed by atoms with van der Waals surface area (Å²) < 4.78 is 0. The highest BCUT2D eigenvalue weighted by molar-refractivity contribution is 7.09. The van der Waals surface area contributed by atoms with Crippen molar-refractivity contribution in [1.82, 2.24) is 15.3 Å². The zero-order valence-electron chi connectivity index (χ0n) is 14.8. The third kappa shape index (κ3) is 4.12. The summed E-state index contributed by atoms with van der Waals surface area (Å²) in [4.78, 5) is 21.6. The molecule has 2 aromatic heterocycles. The van der Waals surface area contributed by atoms with Crippen LogP contribution in [0.15, 0.2) is 41.8 Å². The van der Waals surface area contributed by atoms with Crippen molar-refractivity contribution >= 4 is 17.2 Å². The van der Waals surface area contributed by atoms with Crippen LogP contribution >= 0.6 is 11.3 Å². The molecule has 1 atom stereocenters. The first-order valence-corrected chi connectivity index (χ1v) is 9.09. The second kappa shape index (κ2) is 7.15. The molecule has 0 fully saturated rings. The Labute approximate surface area is 152 Å². The minimum atomic E-state index is -0.116. The summed E-state index contributed by atoms with van der Waals surface area (Å²) in [6.45, 7) is 7.93. The van der Waals surface area contributed by atoms with Gasteiger partial charge >= 0.3 is 0 Å². The second-order valence-corrected chi connectivity index (χ2v) is 7.16. The van der Waals surface area contributed by atoms with Gasteiger partial charge in [0.25, 0.3) is 5.91 Å². The number of aryl methyl sites for hydroxylation is 3. The van der Waals surface area contributed by atoms with Crippen LogP contribution in [0, 0.1) is 20.8 Å². The summed E-state index contributed by atoms with van der Waals surface area (Å²) in [5.74, 6) is -0.105. The molecule has 25 heavy (non-hydrogen) atoms. The Morgan fingerprint density at radius 1 is 1.08 bits per heavy atom. The Bertz CT molecular complexity index is 897. The number of benzene rings is 1. The van der Waals surface area contributed by atoms with Crippen molar-refractivity contribution in [3.63, 3.8) is 0 Å². The van der Waals surface area contributed by atoms with Crippen molar-refractivity contribution in [2.45, 2.75) is 33.7 Å². The fourth-order valence-corrected chi connectivity index (χ4v) is 3.53. The summed E-state index contributed by atoms with van der Waals surface area (Å²) >= 11 is 1.56. The molecule has 0 aliphatic heterocycles. The molecular weight excluding hydrogens is 330 g/mol. The van der Waals surface area contributed by atoms with E-state index in [1.807, 2.05) is 69.5 Å². The lowest BCUT2D eigenvalue weighted by atomic mass is 10.0. The molecule has 1 N–H and O–H groups in total. The highest BCUT2D eigenvalue weighted by atomic mass is 32.1. The Hall–Kier alpha value is -2.53. The number of aromatic nitrogens is 2. The first kappa shape index (κ1) is 17.3. The number of nitrogens with zero attached hydrogens (tertiary/aromatic N) is 2. The number of carbonyl (C=O) groups is 1. The molecule has 0 radical (unpaired) electrons. The minimum absolute atomic E-state index is 0.105. The number of thiazole rings is 1. The molecule has 5 heteroatoms. The lowest BCUT2D eigenvalue weighted by molar-refractivity contribution is 0.0940. The Kier molecular flexibility index (Phi) is 4.95. The van der Waals surface area contributed by atoms with E-state index in [4.69, 9.17) is 0 Å². The van der Waals surface area contributed by atoms with Crippen molar-refractivity contribution in [2.24, 2.45) is 0 Å². The third-order valence-electron chi connectivity index (χ3n) is 3.87. The lowest BCUT2D eigenvalue weighted by Crippen LogP contribution is -2.26. The summed E-state index contributed by atoms with van der Waals surface area (Å²) in [6, 6.07) is 11.5. The van der Waals surface area contributed by atoms with Crippen LogP contribution in [-0.2, 0) is 0 Å². The molecule has 0 saturated carbocycles. The Balaban J connectivity index is 1.82. The molecule has 0 aliphatic carbocycles. The molecule has 0 spiro atoms. The molecular formula is C20H21N3OS. The van der Waals surface area contributed by atoms with E-state index in [1.54, 1.807) is 11.3 Å². The van der Waals surface area contributed by atoms with Crippen LogP contribution in [0.5, 0.6) is 0 Å². The molecule has 1 unspecified atom stereocenters. The minimum Gasteiger partial charge on any atom is -0.343 e. The third-order valence-corrected chi connectivity index (χ3v) is 5.02. The van der Waals surface area contributed by atoms with E-state index in [-0.39, 0.29) is 11.9 Å². The number of amides is 1. The topological polar surface area (TPSA) is 54.9 Å². The second-order valence-electron chi connectivity index (χ2n) is 6.27. The Morgan fingerprint density at radius 2 is 1.88 bits per heavy atom. The van der Waals surface area contributed by atoms with Crippen LogP contribution in [0.25, 0.3) is 11.3 Å². The normalized spacial score (nSPS) is 12.0. The van der Waals surface area contributed by atoms with E-state index in [1.165, 1.54) is 0 Å². The van der Waals surface area contributed by atoms with Gasteiger partial charge in [0.1, 0.15) is 5.01 Å². The number of rotatable bonds is 4. The maximum Gasteiger partial charge on any atom is 0.251 e. The predicted octanol–water partition coefficient (Wildman–Crippen LogP) is 4.62. The van der Waals surface area contributed by atoms with Crippen LogP contribution in [-0.4, -0.2) is 15.9 Å². The average molecular weight is 351 g/mol. The van der Waals surface area contributed by atoms with Crippen LogP contribution < -0.4 is 5.32 Å². The van der Waals surface area contributed by atoms with Crippen LogP contribution in [0.2, 0.25) is 0 Å². The highest BCUT2D eigenvalue weighted by Gasteiger charge is 2.15. The number of hydrogen-bond donors (Lipinski definition) is 1. The zero-order chi connectivity index (χ0) is 18.0. The van der Waals surface area contributed by atoms with Gasteiger partial charge in [0, 0.05) is 27.9 Å². The van der Waals surface area contributed by atoms with Crippen LogP contribution in [0.3, 0.4) is 0 Å². The van der Waals surface area contributed by atoms with Crippen LogP contribution in [0.4, 0.5) is 0 Å². The van der Waals surface area contributed by atoms with E-state index in [9.17, 15) is 4.79 Å². The molecule has 3 aromatic rings. The standard InChI is InChI=1S/C20H21N3OS/c1-12-8-13(2)21-18(9-12)16-6-5-7-17(10-16)19(24)23-15(4)20-22-14(3)11-25-20/h5-11,15H,1-4H3,(H,23,24). The van der Waals surface area contributed by atoms with Gasteiger partial charge in [0.05, 0.1) is 11.7 Å². The fourth-order valence-electron chi connectivity index (χ4n) is 2.72. The van der Waals surface area contributed by atoms with Gasteiger partial charge in [-0.15, -0.1) is 11.3 Å². The number of pyridine rings is 1. The maximum absolute atomic E-state index is 12.6. The Morgan fingerprint density at radius 3 is 2.56 bits per heavy atom. The number of nitrogens with one attached hydrogen (secondary N) is 1. The van der Waals surface area contributed by atoms with Gasteiger partial charge in [-0.05, 0) is 57.5 Å². The van der Waals surface area contributed by atoms with E-state index in [0.717, 1.165) is 33.2 Å². The molecule has 0 aliphatic rings. The van der Waals surface area contributed by atoms with E-state index in [2.05, 4.69) is 15.3 Å². The zero-order valence-corrected chi connectivity index (χ0v) is 15.6. The number of hydrogen-bond acceptors (Lipinski definition) is 4. The maximum atomic E-state index is 12.6. The van der Waals surface area contributed by atoms with Crippen molar-refractivity contribution < 1.29 is 4.79 Å². The predicted molar refractivity (Wildman–Crippen MR) is 102 cm³/mol. The van der Waals surface area contributed by atoms with Crippen molar-refractivity contribution in [3.05, 3.63) is 69.3 Å². The molecule has 2 heterocycles. The van der Waals surface area contributed by atoms with Crippen molar-refractivity contribution in [3.8, 4) is 11.3 Å². The van der Waals surface area contributed by atoms with E-state index in [0.29, 0.717) is 5.56 Å². The fraction of sp³-hybridized carbons (Fsp3) is 0.250. The van der Waals surface area contributed by atoms with Gasteiger partial charge in [0.2, 0.25) is 0 Å². The summed E-state index contributed by atoms with van der Waals surface area (Å²) in [6.07, 6.45) is 0. The van der Waals surface area contributed by atoms with Crippen molar-refractivity contribution in [1.29, 1.82) is 0 Å². The van der Waals surface area contributed by atoms with Gasteiger partial charge in [-0.1, -0.05) is 12.1 Å². The molecule has 1 aromatic carbocycles. The summed E-state index contributed by atoms with van der Waals surface area (Å²) in [5.41, 5.74) is 5.55. The smallest absolute Gasteiger partial charge is 0.251 e. The highest BCUT2D eigenvalue weighted by Crippen LogP contribution is 2.22. The molecule has 4 nitrogen and oxygen atoms in total. The van der Waals surface area contributed by atoms with Gasteiger partial charge < -0.3 is 5.32 Å². The molecule has 3 rings (SSSR count). The summed E-state index contributed by atoms with van der Waals surface area (Å²) in [5, 5.41) is 5.92. The van der Waals surface area contributed by atoms with Gasteiger partial charge in [-0.25, -0.2) is 4.98 Å². The molecule has 0 bridgehead atoms. The van der Waals surface area contributed by atoms with Crippen LogP contribution in [0.1, 0.15) is 45.3 Å². The molecule has 1 amide bonds. The molecule has 128 valence electrons. The quantitative estimate of drug-likeness (QED) is 0.746. The average Bonchev–Trinajstić information content (AvgIpc) is 3.00. The molecule has 0 saturated heterocycles. The summed E-state index contributed by atoms with van der Waals surface area (Å²) in [7, 11) is 0. The first-order valence-electron chi connectivity index (χ1n) is 8.21.